The van der Waals surface area contributed by atoms with Crippen LogP contribution in [-0.4, -0.2) is 13.0 Å². The third-order valence-corrected chi connectivity index (χ3v) is 1.71. The Bertz CT molecular complexity index is 333. The van der Waals surface area contributed by atoms with Gasteiger partial charge in [0.1, 0.15) is 0 Å². The molecule has 1 aromatic carbocycles. The van der Waals surface area contributed by atoms with Gasteiger partial charge in [0.15, 0.2) is 0 Å². The molecule has 0 aliphatic carbocycles. The third-order valence-electron chi connectivity index (χ3n) is 1.25. The number of hydrogen-bond acceptors (Lipinski definition) is 2. The molecular formula is C7H8NO3S. The third kappa shape index (κ3) is 3.47. The van der Waals surface area contributed by atoms with Gasteiger partial charge < -0.3 is 0 Å². The normalized spacial score (nSPS) is 11.4. The highest BCUT2D eigenvalue weighted by molar-refractivity contribution is 7.83. The average Bonchev–Trinajstić information content (AvgIpc) is 2.02. The SMILES string of the molecule is O=S(=O)(O)[N]Cc1ccccc1. The van der Waals surface area contributed by atoms with Crippen LogP contribution in [0, 0.1) is 0 Å². The zero-order chi connectivity index (χ0) is 9.03. The zero-order valence-corrected chi connectivity index (χ0v) is 7.03. The van der Waals surface area contributed by atoms with E-state index in [0.29, 0.717) is 0 Å². The first-order valence-corrected chi connectivity index (χ1v) is 4.68. The number of hydrogen-bond donors (Lipinski definition) is 1. The van der Waals surface area contributed by atoms with Crippen LogP contribution >= 0.6 is 0 Å². The molecule has 0 aromatic heterocycles. The van der Waals surface area contributed by atoms with Crippen LogP contribution in [-0.2, 0) is 16.8 Å². The lowest BCUT2D eigenvalue weighted by Gasteiger charge is -1.97. The van der Waals surface area contributed by atoms with Crippen molar-refractivity contribution < 1.29 is 13.0 Å². The van der Waals surface area contributed by atoms with Gasteiger partial charge in [0.2, 0.25) is 0 Å². The quantitative estimate of drug-likeness (QED) is 0.702. The Balaban J connectivity index is 2.56. The first kappa shape index (κ1) is 9.18. The fourth-order valence-electron chi connectivity index (χ4n) is 0.740. The van der Waals surface area contributed by atoms with Crippen LogP contribution in [0.3, 0.4) is 0 Å². The maximum atomic E-state index is 10.2. The summed E-state index contributed by atoms with van der Waals surface area (Å²) in [6, 6.07) is 8.82. The molecule has 12 heavy (non-hydrogen) atoms. The Morgan fingerprint density at radius 3 is 2.33 bits per heavy atom. The molecule has 0 amide bonds. The predicted molar refractivity (Wildman–Crippen MR) is 43.8 cm³/mol. The minimum atomic E-state index is -4.20. The minimum absolute atomic E-state index is 0.0142. The highest BCUT2D eigenvalue weighted by Gasteiger charge is 2.03. The van der Waals surface area contributed by atoms with E-state index in [-0.39, 0.29) is 6.54 Å². The van der Waals surface area contributed by atoms with Gasteiger partial charge in [-0.05, 0) is 5.56 Å². The van der Waals surface area contributed by atoms with E-state index < -0.39 is 10.3 Å². The van der Waals surface area contributed by atoms with Crippen LogP contribution in [0.25, 0.3) is 0 Å². The Labute approximate surface area is 71.1 Å². The molecule has 4 nitrogen and oxygen atoms in total. The van der Waals surface area contributed by atoms with Crippen molar-refractivity contribution in [3.63, 3.8) is 0 Å². The molecule has 0 unspecified atom stereocenters. The first-order valence-electron chi connectivity index (χ1n) is 3.28. The molecule has 0 saturated carbocycles. The van der Waals surface area contributed by atoms with Gasteiger partial charge in [-0.15, -0.1) is 0 Å². The summed E-state index contributed by atoms with van der Waals surface area (Å²) in [7, 11) is -4.20. The van der Waals surface area contributed by atoms with E-state index in [1.54, 1.807) is 24.3 Å². The fourth-order valence-corrected chi connectivity index (χ4v) is 1.05. The second-order valence-corrected chi connectivity index (χ2v) is 3.37. The fraction of sp³-hybridized carbons (Fsp3) is 0.143. The minimum Gasteiger partial charge on any atom is -0.272 e. The second-order valence-electron chi connectivity index (χ2n) is 2.22. The maximum absolute atomic E-state index is 10.2. The van der Waals surface area contributed by atoms with E-state index >= 15 is 0 Å². The molecular weight excluding hydrogens is 178 g/mol. The average molecular weight is 186 g/mol. The lowest BCUT2D eigenvalue weighted by molar-refractivity contribution is 0.465. The molecule has 0 bridgehead atoms. The van der Waals surface area contributed by atoms with Gasteiger partial charge >= 0.3 is 10.3 Å². The second kappa shape index (κ2) is 3.66. The zero-order valence-electron chi connectivity index (χ0n) is 6.21. The van der Waals surface area contributed by atoms with Crippen molar-refractivity contribution in [1.82, 2.24) is 4.72 Å². The molecule has 0 fully saturated rings. The van der Waals surface area contributed by atoms with Crippen molar-refractivity contribution in [3.05, 3.63) is 35.9 Å². The van der Waals surface area contributed by atoms with E-state index in [0.717, 1.165) is 5.56 Å². The summed E-state index contributed by atoms with van der Waals surface area (Å²) in [5.74, 6) is 0. The van der Waals surface area contributed by atoms with Crippen molar-refractivity contribution in [1.29, 1.82) is 0 Å². The highest BCUT2D eigenvalue weighted by atomic mass is 32.2. The highest BCUT2D eigenvalue weighted by Crippen LogP contribution is 1.98. The number of benzene rings is 1. The van der Waals surface area contributed by atoms with Crippen LogP contribution in [0.1, 0.15) is 5.56 Å². The molecule has 65 valence electrons. The van der Waals surface area contributed by atoms with Crippen molar-refractivity contribution in [2.24, 2.45) is 0 Å². The standard InChI is InChI=1S/C7H8NO3S/c9-12(10,11)8-6-7-4-2-1-3-5-7/h1-5H,6H2,(H,9,10,11). The van der Waals surface area contributed by atoms with Crippen molar-refractivity contribution in [2.45, 2.75) is 6.54 Å². The summed E-state index contributed by atoms with van der Waals surface area (Å²) in [5, 5.41) is 0. The number of rotatable bonds is 3. The summed E-state index contributed by atoms with van der Waals surface area (Å²) in [4.78, 5) is 0. The Hall–Kier alpha value is -0.910. The lowest BCUT2D eigenvalue weighted by atomic mass is 10.2. The number of nitrogens with zero attached hydrogens (tertiary/aromatic N) is 1. The molecule has 1 radical (unpaired) electrons. The van der Waals surface area contributed by atoms with Crippen LogP contribution in [0.4, 0.5) is 0 Å². The van der Waals surface area contributed by atoms with Crippen molar-refractivity contribution in [2.75, 3.05) is 0 Å². The lowest BCUT2D eigenvalue weighted by Crippen LogP contribution is -2.13. The summed E-state index contributed by atoms with van der Waals surface area (Å²) in [5.41, 5.74) is 0.745. The van der Waals surface area contributed by atoms with Gasteiger partial charge in [0, 0.05) is 0 Å². The predicted octanol–water partition coefficient (Wildman–Crippen LogP) is 0.594. The molecule has 0 saturated heterocycles. The van der Waals surface area contributed by atoms with E-state index in [4.69, 9.17) is 4.55 Å². The van der Waals surface area contributed by atoms with Crippen LogP contribution in [0.5, 0.6) is 0 Å². The molecule has 0 aliphatic heterocycles. The van der Waals surface area contributed by atoms with Crippen molar-refractivity contribution >= 4 is 10.3 Å². The maximum Gasteiger partial charge on any atom is 0.350 e. The van der Waals surface area contributed by atoms with E-state index in [1.807, 2.05) is 6.07 Å². The largest absolute Gasteiger partial charge is 0.350 e. The topological polar surface area (TPSA) is 68.5 Å². The molecule has 0 heterocycles. The van der Waals surface area contributed by atoms with Gasteiger partial charge in [0.05, 0.1) is 6.54 Å². The molecule has 0 atom stereocenters. The summed E-state index contributed by atoms with van der Waals surface area (Å²) in [6.45, 7) is -0.0142. The molecule has 1 rings (SSSR count). The van der Waals surface area contributed by atoms with Crippen LogP contribution in [0.2, 0.25) is 0 Å². The molecule has 1 aromatic rings. The van der Waals surface area contributed by atoms with E-state index in [2.05, 4.69) is 4.72 Å². The van der Waals surface area contributed by atoms with Gasteiger partial charge in [-0.2, -0.15) is 8.42 Å². The summed E-state index contributed by atoms with van der Waals surface area (Å²) >= 11 is 0. The Morgan fingerprint density at radius 2 is 1.83 bits per heavy atom. The first-order chi connectivity index (χ1) is 5.58. The van der Waals surface area contributed by atoms with Gasteiger partial charge in [-0.1, -0.05) is 35.1 Å². The van der Waals surface area contributed by atoms with Crippen LogP contribution in [0.15, 0.2) is 30.3 Å². The molecule has 1 N–H and O–H groups in total. The molecule has 0 spiro atoms. The monoisotopic (exact) mass is 186 g/mol. The molecule has 0 aliphatic rings. The Kier molecular flexibility index (Phi) is 2.80. The van der Waals surface area contributed by atoms with Gasteiger partial charge in [0.25, 0.3) is 0 Å². The van der Waals surface area contributed by atoms with Crippen LogP contribution < -0.4 is 4.72 Å². The van der Waals surface area contributed by atoms with E-state index in [9.17, 15) is 8.42 Å². The Morgan fingerprint density at radius 1 is 1.25 bits per heavy atom. The van der Waals surface area contributed by atoms with Gasteiger partial charge in [-0.3, -0.25) is 4.55 Å². The molecule has 5 heteroatoms. The smallest absolute Gasteiger partial charge is 0.272 e. The van der Waals surface area contributed by atoms with E-state index in [1.165, 1.54) is 0 Å². The van der Waals surface area contributed by atoms with Gasteiger partial charge in [-0.25, -0.2) is 0 Å². The summed E-state index contributed by atoms with van der Waals surface area (Å²) < 4.78 is 31.7. The summed E-state index contributed by atoms with van der Waals surface area (Å²) in [6.07, 6.45) is 0. The van der Waals surface area contributed by atoms with Crippen molar-refractivity contribution in [3.8, 4) is 0 Å².